The highest BCUT2D eigenvalue weighted by Gasteiger charge is 2.54. The molecule has 8 nitrogen and oxygen atoms in total. The molecular weight excluding hydrogens is 499 g/mol. The molecule has 3 atom stereocenters. The molecule has 0 aliphatic carbocycles. The predicted molar refractivity (Wildman–Crippen MR) is 145 cm³/mol. The molecular formula is C30H31FN4O4. The molecule has 202 valence electrons. The molecule has 0 spiro atoms. The van der Waals surface area contributed by atoms with Gasteiger partial charge in [0.2, 0.25) is 0 Å². The number of fused-ring (bicyclic) bond motifs is 2. The lowest BCUT2D eigenvalue weighted by Gasteiger charge is -2.47. The zero-order valence-corrected chi connectivity index (χ0v) is 21.7. The van der Waals surface area contributed by atoms with E-state index < -0.39 is 29.9 Å². The summed E-state index contributed by atoms with van der Waals surface area (Å²) in [7, 11) is 0. The number of halogens is 1. The van der Waals surface area contributed by atoms with Crippen molar-refractivity contribution >= 4 is 29.4 Å². The molecule has 4 amide bonds. The van der Waals surface area contributed by atoms with E-state index in [4.69, 9.17) is 0 Å². The van der Waals surface area contributed by atoms with Crippen LogP contribution in [0.3, 0.4) is 0 Å². The minimum atomic E-state index is -1.22. The van der Waals surface area contributed by atoms with Gasteiger partial charge in [-0.2, -0.15) is 0 Å². The Labute approximate surface area is 226 Å². The van der Waals surface area contributed by atoms with E-state index in [2.05, 4.69) is 0 Å². The molecule has 2 fully saturated rings. The Bertz CT molecular complexity index is 1300. The average Bonchev–Trinajstić information content (AvgIpc) is 3.25. The Balaban J connectivity index is 1.44. The Morgan fingerprint density at radius 1 is 0.872 bits per heavy atom. The molecule has 0 radical (unpaired) electrons. The molecule has 5 rings (SSSR count). The number of carboxylic acid groups (broad SMARTS) is 1. The van der Waals surface area contributed by atoms with Crippen LogP contribution >= 0.6 is 0 Å². The highest BCUT2D eigenvalue weighted by atomic mass is 19.1. The van der Waals surface area contributed by atoms with Gasteiger partial charge in [0.15, 0.2) is 6.04 Å². The summed E-state index contributed by atoms with van der Waals surface area (Å²) in [6.07, 6.45) is 1.04. The van der Waals surface area contributed by atoms with Gasteiger partial charge in [-0.25, -0.2) is 18.8 Å². The van der Waals surface area contributed by atoms with Gasteiger partial charge in [0.1, 0.15) is 5.82 Å². The summed E-state index contributed by atoms with van der Waals surface area (Å²) in [5.41, 5.74) is 1.63. The number of likely N-dealkylation sites (tertiary alicyclic amines) is 1. The maximum Gasteiger partial charge on any atom is 0.329 e. The van der Waals surface area contributed by atoms with Crippen molar-refractivity contribution in [3.63, 3.8) is 0 Å². The molecule has 3 aromatic carbocycles. The van der Waals surface area contributed by atoms with Gasteiger partial charge in [-0.05, 0) is 50.1 Å². The molecule has 1 unspecified atom stereocenters. The van der Waals surface area contributed by atoms with Gasteiger partial charge in [-0.1, -0.05) is 54.6 Å². The Kier molecular flexibility index (Phi) is 7.49. The Hall–Kier alpha value is -4.40. The summed E-state index contributed by atoms with van der Waals surface area (Å²) in [6.45, 7) is 2.31. The lowest BCUT2D eigenvalue weighted by atomic mass is 10.0. The first-order chi connectivity index (χ1) is 18.9. The lowest BCUT2D eigenvalue weighted by Crippen LogP contribution is -2.67. The van der Waals surface area contributed by atoms with Gasteiger partial charge in [-0.3, -0.25) is 4.90 Å². The standard InChI is InChI=1S/C30H31FN4O4/c1-2-32(19-21-11-9-10-16-25(21)31)29(38)35-24-17-18-26(35)27(28(36)37)33(20-24)30(39)34(22-12-5-3-6-13-22)23-14-7-4-8-15-23/h3-16,24,26-27H,2,17-20H2,1H3,(H,36,37)/t24?,26-,27+/m1/s1. The van der Waals surface area contributed by atoms with E-state index in [-0.39, 0.29) is 25.2 Å². The summed E-state index contributed by atoms with van der Waals surface area (Å²) in [4.78, 5) is 46.6. The van der Waals surface area contributed by atoms with Crippen molar-refractivity contribution in [3.8, 4) is 0 Å². The van der Waals surface area contributed by atoms with Crippen LogP contribution in [0.5, 0.6) is 0 Å². The number of anilines is 2. The van der Waals surface area contributed by atoms with E-state index in [9.17, 15) is 23.9 Å². The number of aliphatic carboxylic acids is 1. The number of benzene rings is 3. The van der Waals surface area contributed by atoms with E-state index in [1.807, 2.05) is 43.3 Å². The number of carbonyl (C=O) groups is 3. The van der Waals surface area contributed by atoms with E-state index in [0.717, 1.165) is 0 Å². The van der Waals surface area contributed by atoms with Crippen LogP contribution in [0.2, 0.25) is 0 Å². The summed E-state index contributed by atoms with van der Waals surface area (Å²) in [5, 5.41) is 10.4. The zero-order chi connectivity index (χ0) is 27.5. The number of piperazine rings is 1. The second-order valence-electron chi connectivity index (χ2n) is 9.82. The van der Waals surface area contributed by atoms with E-state index in [0.29, 0.717) is 36.3 Å². The third kappa shape index (κ3) is 5.04. The van der Waals surface area contributed by atoms with Gasteiger partial charge in [0, 0.05) is 18.7 Å². The normalized spacial score (nSPS) is 20.0. The number of carboxylic acids is 1. The second kappa shape index (κ2) is 11.1. The quantitative estimate of drug-likeness (QED) is 0.467. The maximum absolute atomic E-state index is 14.3. The summed E-state index contributed by atoms with van der Waals surface area (Å²) < 4.78 is 14.3. The van der Waals surface area contributed by atoms with Gasteiger partial charge in [0.25, 0.3) is 0 Å². The molecule has 2 heterocycles. The monoisotopic (exact) mass is 530 g/mol. The summed E-state index contributed by atoms with van der Waals surface area (Å²) >= 11 is 0. The molecule has 0 saturated carbocycles. The van der Waals surface area contributed by atoms with Crippen LogP contribution < -0.4 is 4.90 Å². The minimum absolute atomic E-state index is 0.0775. The number of hydrogen-bond acceptors (Lipinski definition) is 3. The number of carbonyl (C=O) groups excluding carboxylic acids is 2. The van der Waals surface area contributed by atoms with Crippen molar-refractivity contribution in [3.05, 3.63) is 96.3 Å². The average molecular weight is 531 g/mol. The number of hydrogen-bond donors (Lipinski definition) is 1. The molecule has 2 aliphatic heterocycles. The number of amides is 4. The predicted octanol–water partition coefficient (Wildman–Crippen LogP) is 5.33. The lowest BCUT2D eigenvalue weighted by molar-refractivity contribution is -0.145. The van der Waals surface area contributed by atoms with E-state index in [1.165, 1.54) is 20.8 Å². The highest BCUT2D eigenvalue weighted by molar-refractivity contribution is 6.01. The third-order valence-electron chi connectivity index (χ3n) is 7.56. The molecule has 2 bridgehead atoms. The first-order valence-corrected chi connectivity index (χ1v) is 13.1. The van der Waals surface area contributed by atoms with Crippen molar-refractivity contribution in [2.75, 3.05) is 18.0 Å². The number of nitrogens with zero attached hydrogens (tertiary/aromatic N) is 4. The number of rotatable bonds is 6. The summed E-state index contributed by atoms with van der Waals surface area (Å²) in [6, 6.07) is 21.5. The molecule has 1 N–H and O–H groups in total. The molecule has 39 heavy (non-hydrogen) atoms. The zero-order valence-electron chi connectivity index (χ0n) is 21.7. The van der Waals surface area contributed by atoms with E-state index in [1.54, 1.807) is 47.4 Å². The van der Waals surface area contributed by atoms with Crippen molar-refractivity contribution in [2.45, 2.75) is 44.4 Å². The molecule has 2 saturated heterocycles. The van der Waals surface area contributed by atoms with Crippen LogP contribution in [0.1, 0.15) is 25.3 Å². The van der Waals surface area contributed by atoms with Gasteiger partial charge in [-0.15, -0.1) is 0 Å². The van der Waals surface area contributed by atoms with Gasteiger partial charge >= 0.3 is 18.0 Å². The van der Waals surface area contributed by atoms with Gasteiger partial charge < -0.3 is 19.8 Å². The Morgan fingerprint density at radius 3 is 2.03 bits per heavy atom. The number of urea groups is 2. The third-order valence-corrected chi connectivity index (χ3v) is 7.56. The fraction of sp³-hybridized carbons (Fsp3) is 0.300. The second-order valence-corrected chi connectivity index (χ2v) is 9.82. The van der Waals surface area contributed by atoms with Crippen LogP contribution in [0, 0.1) is 5.82 Å². The smallest absolute Gasteiger partial charge is 0.329 e. The molecule has 9 heteroatoms. The minimum Gasteiger partial charge on any atom is -0.480 e. The molecule has 2 aliphatic rings. The fourth-order valence-electron chi connectivity index (χ4n) is 5.71. The SMILES string of the molecule is CCN(Cc1ccccc1F)C(=O)N1C2CC[C@@H]1[C@@H](C(=O)O)N(C(=O)N(c1ccccc1)c1ccccc1)C2. The largest absolute Gasteiger partial charge is 0.480 e. The fourth-order valence-corrected chi connectivity index (χ4v) is 5.71. The van der Waals surface area contributed by atoms with Crippen LogP contribution in [0.25, 0.3) is 0 Å². The summed E-state index contributed by atoms with van der Waals surface area (Å²) in [5.74, 6) is -1.56. The van der Waals surface area contributed by atoms with Crippen molar-refractivity contribution in [1.29, 1.82) is 0 Å². The molecule has 3 aromatic rings. The maximum atomic E-state index is 14.3. The number of para-hydroxylation sites is 2. The topological polar surface area (TPSA) is 84.4 Å². The van der Waals surface area contributed by atoms with Gasteiger partial charge in [0.05, 0.1) is 30.0 Å². The highest BCUT2D eigenvalue weighted by Crippen LogP contribution is 2.38. The Morgan fingerprint density at radius 2 is 1.46 bits per heavy atom. The van der Waals surface area contributed by atoms with Crippen molar-refractivity contribution < 1.29 is 23.9 Å². The van der Waals surface area contributed by atoms with E-state index >= 15 is 0 Å². The van der Waals surface area contributed by atoms with Crippen molar-refractivity contribution in [2.24, 2.45) is 0 Å². The van der Waals surface area contributed by atoms with Crippen molar-refractivity contribution in [1.82, 2.24) is 14.7 Å². The van der Waals surface area contributed by atoms with Crippen LogP contribution in [-0.4, -0.2) is 69.1 Å². The van der Waals surface area contributed by atoms with Crippen LogP contribution in [0.15, 0.2) is 84.9 Å². The molecule has 0 aromatic heterocycles. The first kappa shape index (κ1) is 26.2. The van der Waals surface area contributed by atoms with Crippen LogP contribution in [0.4, 0.5) is 25.4 Å². The van der Waals surface area contributed by atoms with Crippen LogP contribution in [-0.2, 0) is 11.3 Å². The first-order valence-electron chi connectivity index (χ1n) is 13.1.